The van der Waals surface area contributed by atoms with Crippen molar-refractivity contribution in [1.82, 2.24) is 15.6 Å². The smallest absolute Gasteiger partial charge is 0.191 e. The van der Waals surface area contributed by atoms with E-state index in [0.29, 0.717) is 19.0 Å². The molecule has 0 saturated heterocycles. The van der Waals surface area contributed by atoms with Gasteiger partial charge in [-0.2, -0.15) is 0 Å². The van der Waals surface area contributed by atoms with Gasteiger partial charge in [0.2, 0.25) is 0 Å². The molecule has 112 valence electrons. The molecule has 1 heterocycles. The van der Waals surface area contributed by atoms with E-state index in [1.165, 1.54) is 6.26 Å². The number of nitrogens with one attached hydrogen (secondary N) is 2. The summed E-state index contributed by atoms with van der Waals surface area (Å²) < 4.78 is 22.2. The van der Waals surface area contributed by atoms with Gasteiger partial charge in [-0.15, -0.1) is 0 Å². The summed E-state index contributed by atoms with van der Waals surface area (Å²) in [5, 5.41) is 6.16. The summed E-state index contributed by atoms with van der Waals surface area (Å²) >= 11 is 0. The lowest BCUT2D eigenvalue weighted by atomic mass is 10.3. The molecule has 0 aliphatic heterocycles. The van der Waals surface area contributed by atoms with Crippen LogP contribution in [-0.4, -0.2) is 44.5 Å². The Morgan fingerprint density at radius 3 is 2.65 bits per heavy atom. The van der Waals surface area contributed by atoms with Crippen LogP contribution < -0.4 is 10.6 Å². The Labute approximate surface area is 120 Å². The van der Waals surface area contributed by atoms with Gasteiger partial charge in [-0.3, -0.25) is 4.98 Å². The second-order valence-corrected chi connectivity index (χ2v) is 6.73. The number of nitrogens with zero attached hydrogens (tertiary/aromatic N) is 2. The first kappa shape index (κ1) is 16.4. The van der Waals surface area contributed by atoms with Crippen molar-refractivity contribution in [2.75, 3.05) is 25.1 Å². The van der Waals surface area contributed by atoms with Crippen molar-refractivity contribution in [2.24, 2.45) is 4.99 Å². The quantitative estimate of drug-likeness (QED) is 0.568. The Morgan fingerprint density at radius 2 is 2.05 bits per heavy atom. The predicted octanol–water partition coefficient (Wildman–Crippen LogP) is 0.571. The molecule has 1 aromatic rings. The maximum Gasteiger partial charge on any atom is 0.191 e. The van der Waals surface area contributed by atoms with E-state index in [4.69, 9.17) is 0 Å². The van der Waals surface area contributed by atoms with Gasteiger partial charge in [-0.25, -0.2) is 13.4 Å². The summed E-state index contributed by atoms with van der Waals surface area (Å²) in [5.74, 6) is 0.699. The van der Waals surface area contributed by atoms with Crippen LogP contribution in [0.5, 0.6) is 0 Å². The minimum absolute atomic E-state index is 0.0867. The van der Waals surface area contributed by atoms with Crippen molar-refractivity contribution >= 4 is 15.8 Å². The number of aromatic nitrogens is 1. The highest BCUT2D eigenvalue weighted by molar-refractivity contribution is 7.90. The summed E-state index contributed by atoms with van der Waals surface area (Å²) in [5.41, 5.74) is 0.869. The van der Waals surface area contributed by atoms with E-state index in [1.807, 2.05) is 18.2 Å². The first-order valence-electron chi connectivity index (χ1n) is 6.61. The summed E-state index contributed by atoms with van der Waals surface area (Å²) in [7, 11) is -2.97. The van der Waals surface area contributed by atoms with E-state index in [1.54, 1.807) is 6.20 Å². The van der Waals surface area contributed by atoms with Crippen LogP contribution in [0.1, 0.15) is 19.0 Å². The molecule has 0 bridgehead atoms. The largest absolute Gasteiger partial charge is 0.356 e. The number of hydrogen-bond donors (Lipinski definition) is 2. The molecule has 2 N–H and O–H groups in total. The van der Waals surface area contributed by atoms with Gasteiger partial charge >= 0.3 is 0 Å². The standard InChI is InChI=1S/C13H22N4O2S/c1-3-7-15-13(16-9-10-20(2,18)19)17-11-12-6-4-5-8-14-12/h4-6,8H,3,7,9-11H2,1-2H3,(H2,15,16,17). The molecule has 7 heteroatoms. The van der Waals surface area contributed by atoms with Crippen molar-refractivity contribution in [3.05, 3.63) is 30.1 Å². The molecule has 0 amide bonds. The third kappa shape index (κ3) is 7.73. The molecule has 0 saturated carbocycles. The SMILES string of the molecule is CCCNC(=NCc1ccccn1)NCCS(C)(=O)=O. The van der Waals surface area contributed by atoms with E-state index in [0.717, 1.165) is 18.7 Å². The molecular formula is C13H22N4O2S. The lowest BCUT2D eigenvalue weighted by Crippen LogP contribution is -2.40. The average Bonchev–Trinajstić information content (AvgIpc) is 2.41. The number of aliphatic imine (C=N–C) groups is 1. The molecule has 0 spiro atoms. The van der Waals surface area contributed by atoms with Gasteiger partial charge in [0, 0.05) is 25.5 Å². The first-order chi connectivity index (χ1) is 9.51. The molecule has 20 heavy (non-hydrogen) atoms. The van der Waals surface area contributed by atoms with Crippen LogP contribution in [0, 0.1) is 0 Å². The second-order valence-electron chi connectivity index (χ2n) is 4.47. The number of rotatable bonds is 7. The van der Waals surface area contributed by atoms with E-state index in [-0.39, 0.29) is 5.75 Å². The molecule has 6 nitrogen and oxygen atoms in total. The third-order valence-corrected chi connectivity index (χ3v) is 3.38. The molecule has 1 rings (SSSR count). The first-order valence-corrected chi connectivity index (χ1v) is 8.67. The molecule has 0 aliphatic carbocycles. The third-order valence-electron chi connectivity index (χ3n) is 2.43. The van der Waals surface area contributed by atoms with Crippen LogP contribution in [0.15, 0.2) is 29.4 Å². The second kappa shape index (κ2) is 8.52. The normalized spacial score (nSPS) is 12.2. The zero-order valence-corrected chi connectivity index (χ0v) is 12.8. The molecule has 1 aromatic heterocycles. The van der Waals surface area contributed by atoms with Gasteiger partial charge in [-0.1, -0.05) is 13.0 Å². The number of hydrogen-bond acceptors (Lipinski definition) is 4. The fraction of sp³-hybridized carbons (Fsp3) is 0.538. The lowest BCUT2D eigenvalue weighted by molar-refractivity contribution is 0.600. The van der Waals surface area contributed by atoms with Gasteiger partial charge < -0.3 is 10.6 Å². The summed E-state index contributed by atoms with van der Waals surface area (Å²) in [6, 6.07) is 5.67. The zero-order valence-electron chi connectivity index (χ0n) is 12.0. The molecule has 0 atom stereocenters. The Morgan fingerprint density at radius 1 is 1.30 bits per heavy atom. The fourth-order valence-corrected chi connectivity index (χ4v) is 1.90. The minimum Gasteiger partial charge on any atom is -0.356 e. The summed E-state index contributed by atoms with van der Waals surface area (Å²) in [6.07, 6.45) is 3.91. The monoisotopic (exact) mass is 298 g/mol. The van der Waals surface area contributed by atoms with Gasteiger partial charge in [0.15, 0.2) is 5.96 Å². The predicted molar refractivity (Wildman–Crippen MR) is 81.4 cm³/mol. The van der Waals surface area contributed by atoms with Crippen LogP contribution >= 0.6 is 0 Å². The molecule has 0 radical (unpaired) electrons. The van der Waals surface area contributed by atoms with Crippen molar-refractivity contribution in [2.45, 2.75) is 19.9 Å². The van der Waals surface area contributed by atoms with Crippen LogP contribution in [0.3, 0.4) is 0 Å². The highest BCUT2D eigenvalue weighted by Gasteiger charge is 2.03. The highest BCUT2D eigenvalue weighted by atomic mass is 32.2. The molecule has 0 unspecified atom stereocenters. The van der Waals surface area contributed by atoms with Crippen molar-refractivity contribution < 1.29 is 8.42 Å². The van der Waals surface area contributed by atoms with Gasteiger partial charge in [0.1, 0.15) is 9.84 Å². The zero-order chi connectivity index (χ0) is 14.8. The van der Waals surface area contributed by atoms with Crippen molar-refractivity contribution in [3.63, 3.8) is 0 Å². The fourth-order valence-electron chi connectivity index (χ4n) is 1.42. The number of guanidine groups is 1. The lowest BCUT2D eigenvalue weighted by Gasteiger charge is -2.11. The summed E-state index contributed by atoms with van der Waals surface area (Å²) in [4.78, 5) is 8.58. The average molecular weight is 298 g/mol. The molecule has 0 aliphatic rings. The van der Waals surface area contributed by atoms with E-state index in [9.17, 15) is 8.42 Å². The summed E-state index contributed by atoms with van der Waals surface area (Å²) in [6.45, 7) is 3.64. The van der Waals surface area contributed by atoms with E-state index in [2.05, 4.69) is 27.5 Å². The van der Waals surface area contributed by atoms with Crippen LogP contribution in [0.4, 0.5) is 0 Å². The maximum atomic E-state index is 11.1. The Kier molecular flexibility index (Phi) is 7.00. The minimum atomic E-state index is -2.97. The van der Waals surface area contributed by atoms with Crippen LogP contribution in [0.25, 0.3) is 0 Å². The topological polar surface area (TPSA) is 83.4 Å². The Balaban J connectivity index is 2.54. The Bertz CT molecular complexity index is 514. The van der Waals surface area contributed by atoms with E-state index >= 15 is 0 Å². The van der Waals surface area contributed by atoms with Gasteiger partial charge in [0.05, 0.1) is 18.0 Å². The van der Waals surface area contributed by atoms with Crippen molar-refractivity contribution in [3.8, 4) is 0 Å². The van der Waals surface area contributed by atoms with Gasteiger partial charge in [-0.05, 0) is 18.6 Å². The highest BCUT2D eigenvalue weighted by Crippen LogP contribution is 1.95. The maximum absolute atomic E-state index is 11.1. The van der Waals surface area contributed by atoms with Crippen LogP contribution in [0.2, 0.25) is 0 Å². The molecule has 0 fully saturated rings. The Hall–Kier alpha value is -1.63. The van der Waals surface area contributed by atoms with Crippen LogP contribution in [-0.2, 0) is 16.4 Å². The van der Waals surface area contributed by atoms with Crippen molar-refractivity contribution in [1.29, 1.82) is 0 Å². The molecule has 0 aromatic carbocycles. The molecular weight excluding hydrogens is 276 g/mol. The number of sulfone groups is 1. The van der Waals surface area contributed by atoms with E-state index < -0.39 is 9.84 Å². The number of pyridine rings is 1. The van der Waals surface area contributed by atoms with Gasteiger partial charge in [0.25, 0.3) is 0 Å².